The van der Waals surface area contributed by atoms with Crippen LogP contribution in [0.15, 0.2) is 24.3 Å². The zero-order valence-corrected chi connectivity index (χ0v) is 8.31. The Labute approximate surface area is 86.1 Å². The molecule has 0 radical (unpaired) electrons. The lowest BCUT2D eigenvalue weighted by Crippen LogP contribution is -2.15. The number of halogens is 3. The number of rotatable bonds is 1. The Hall–Kier alpha value is -1.03. The van der Waals surface area contributed by atoms with Crippen molar-refractivity contribution in [3.05, 3.63) is 35.4 Å². The van der Waals surface area contributed by atoms with Gasteiger partial charge in [-0.2, -0.15) is 13.2 Å². The van der Waals surface area contributed by atoms with Crippen molar-refractivity contribution in [1.82, 2.24) is 0 Å². The highest BCUT2D eigenvalue weighted by molar-refractivity contribution is 5.37. The Bertz CT molecular complexity index is 368. The van der Waals surface area contributed by atoms with Gasteiger partial charge in [0.1, 0.15) is 0 Å². The molecule has 15 heavy (non-hydrogen) atoms. The minimum absolute atomic E-state index is 0.0780. The zero-order chi connectivity index (χ0) is 11.3. The fourth-order valence-electron chi connectivity index (χ4n) is 1.77. The largest absolute Gasteiger partial charge is 0.416 e. The number of nitrogens with two attached hydrogens (primary N) is 1. The summed E-state index contributed by atoms with van der Waals surface area (Å²) < 4.78 is 36.9. The van der Waals surface area contributed by atoms with Crippen molar-refractivity contribution in [3.8, 4) is 0 Å². The summed E-state index contributed by atoms with van der Waals surface area (Å²) in [4.78, 5) is 0. The topological polar surface area (TPSA) is 26.0 Å². The molecule has 0 saturated heterocycles. The Morgan fingerprint density at radius 3 is 2.07 bits per heavy atom. The van der Waals surface area contributed by atoms with Gasteiger partial charge in [0.2, 0.25) is 0 Å². The number of alkyl halides is 3. The molecule has 1 nitrogen and oxygen atoms in total. The van der Waals surface area contributed by atoms with E-state index in [1.807, 2.05) is 6.92 Å². The Balaban J connectivity index is 2.26. The molecule has 1 fully saturated rings. The third kappa shape index (κ3) is 1.74. The molecule has 1 saturated carbocycles. The van der Waals surface area contributed by atoms with Gasteiger partial charge >= 0.3 is 6.18 Å². The Kier molecular flexibility index (Phi) is 2.08. The first kappa shape index (κ1) is 10.5. The van der Waals surface area contributed by atoms with Crippen molar-refractivity contribution >= 4 is 0 Å². The SMILES string of the molecule is CC1(c2ccc(C(F)(F)F)cc2)CC1N. The molecule has 0 bridgehead atoms. The van der Waals surface area contributed by atoms with Crippen LogP contribution in [0, 0.1) is 0 Å². The van der Waals surface area contributed by atoms with Gasteiger partial charge in [-0.15, -0.1) is 0 Å². The average molecular weight is 215 g/mol. The zero-order valence-electron chi connectivity index (χ0n) is 8.31. The van der Waals surface area contributed by atoms with Crippen LogP contribution in [0.25, 0.3) is 0 Å². The molecule has 1 aromatic rings. The van der Waals surface area contributed by atoms with Crippen LogP contribution in [0.2, 0.25) is 0 Å². The van der Waals surface area contributed by atoms with E-state index in [0.717, 1.165) is 24.1 Å². The summed E-state index contributed by atoms with van der Waals surface area (Å²) in [6.07, 6.45) is -3.41. The van der Waals surface area contributed by atoms with Gasteiger partial charge in [-0.25, -0.2) is 0 Å². The fraction of sp³-hybridized carbons (Fsp3) is 0.455. The van der Waals surface area contributed by atoms with Crippen molar-refractivity contribution < 1.29 is 13.2 Å². The molecule has 0 heterocycles. The minimum Gasteiger partial charge on any atom is -0.327 e. The maximum atomic E-state index is 12.3. The molecular weight excluding hydrogens is 203 g/mol. The monoisotopic (exact) mass is 215 g/mol. The lowest BCUT2D eigenvalue weighted by atomic mass is 9.96. The van der Waals surface area contributed by atoms with Gasteiger partial charge in [-0.05, 0) is 24.1 Å². The molecule has 2 rings (SSSR count). The molecule has 1 aliphatic carbocycles. The van der Waals surface area contributed by atoms with E-state index in [1.54, 1.807) is 0 Å². The van der Waals surface area contributed by atoms with Crippen LogP contribution in [0.1, 0.15) is 24.5 Å². The first-order valence-corrected chi connectivity index (χ1v) is 4.77. The molecule has 0 amide bonds. The summed E-state index contributed by atoms with van der Waals surface area (Å²) in [6.45, 7) is 1.97. The molecule has 4 heteroatoms. The van der Waals surface area contributed by atoms with Crippen LogP contribution < -0.4 is 5.73 Å². The molecule has 1 aliphatic rings. The summed E-state index contributed by atoms with van der Waals surface area (Å²) in [5.74, 6) is 0. The van der Waals surface area contributed by atoms with Gasteiger partial charge in [-0.3, -0.25) is 0 Å². The van der Waals surface area contributed by atoms with Gasteiger partial charge in [0.25, 0.3) is 0 Å². The highest BCUT2D eigenvalue weighted by atomic mass is 19.4. The molecular formula is C11H12F3N. The molecule has 1 aromatic carbocycles. The normalized spacial score (nSPS) is 30.3. The van der Waals surface area contributed by atoms with Crippen molar-refractivity contribution in [2.75, 3.05) is 0 Å². The van der Waals surface area contributed by atoms with E-state index in [0.29, 0.717) is 0 Å². The van der Waals surface area contributed by atoms with Crippen molar-refractivity contribution in [2.24, 2.45) is 5.73 Å². The Morgan fingerprint density at radius 1 is 1.27 bits per heavy atom. The predicted molar refractivity (Wildman–Crippen MR) is 51.4 cm³/mol. The van der Waals surface area contributed by atoms with Crippen LogP contribution >= 0.6 is 0 Å². The average Bonchev–Trinajstić information content (AvgIpc) is 2.75. The molecule has 0 aromatic heterocycles. The van der Waals surface area contributed by atoms with Gasteiger partial charge in [0.15, 0.2) is 0 Å². The molecule has 2 N–H and O–H groups in total. The van der Waals surface area contributed by atoms with Gasteiger partial charge in [0, 0.05) is 11.5 Å². The second-order valence-electron chi connectivity index (χ2n) is 4.30. The second kappa shape index (κ2) is 2.98. The van der Waals surface area contributed by atoms with Crippen LogP contribution in [-0.4, -0.2) is 6.04 Å². The van der Waals surface area contributed by atoms with Crippen LogP contribution in [-0.2, 0) is 11.6 Å². The van der Waals surface area contributed by atoms with Gasteiger partial charge in [0.05, 0.1) is 5.56 Å². The van der Waals surface area contributed by atoms with Crippen molar-refractivity contribution in [3.63, 3.8) is 0 Å². The molecule has 2 unspecified atom stereocenters. The molecule has 2 atom stereocenters. The van der Waals surface area contributed by atoms with E-state index in [1.165, 1.54) is 12.1 Å². The highest BCUT2D eigenvalue weighted by Gasteiger charge is 2.48. The van der Waals surface area contributed by atoms with Crippen molar-refractivity contribution in [2.45, 2.75) is 31.0 Å². The van der Waals surface area contributed by atoms with E-state index < -0.39 is 11.7 Å². The number of hydrogen-bond acceptors (Lipinski definition) is 1. The standard InChI is InChI=1S/C11H12F3N/c1-10(6-9(10)15)7-2-4-8(5-3-7)11(12,13)14/h2-5,9H,6,15H2,1H3. The van der Waals surface area contributed by atoms with E-state index >= 15 is 0 Å². The lowest BCUT2D eigenvalue weighted by Gasteiger charge is -2.12. The third-order valence-corrected chi connectivity index (χ3v) is 3.17. The van der Waals surface area contributed by atoms with E-state index in [2.05, 4.69) is 0 Å². The quantitative estimate of drug-likeness (QED) is 0.765. The van der Waals surface area contributed by atoms with E-state index in [9.17, 15) is 13.2 Å². The highest BCUT2D eigenvalue weighted by Crippen LogP contribution is 2.46. The van der Waals surface area contributed by atoms with Gasteiger partial charge in [-0.1, -0.05) is 19.1 Å². The third-order valence-electron chi connectivity index (χ3n) is 3.17. The maximum absolute atomic E-state index is 12.3. The molecule has 0 spiro atoms. The van der Waals surface area contributed by atoms with E-state index in [-0.39, 0.29) is 11.5 Å². The van der Waals surface area contributed by atoms with Crippen molar-refractivity contribution in [1.29, 1.82) is 0 Å². The summed E-state index contributed by atoms with van der Waals surface area (Å²) in [5.41, 5.74) is 5.90. The fourth-order valence-corrected chi connectivity index (χ4v) is 1.77. The summed E-state index contributed by atoms with van der Waals surface area (Å²) >= 11 is 0. The summed E-state index contributed by atoms with van der Waals surface area (Å²) in [7, 11) is 0. The predicted octanol–water partition coefficient (Wildman–Crippen LogP) is 2.69. The summed E-state index contributed by atoms with van der Waals surface area (Å²) in [6, 6.07) is 5.36. The first-order valence-electron chi connectivity index (χ1n) is 4.77. The maximum Gasteiger partial charge on any atom is 0.416 e. The first-order chi connectivity index (χ1) is 6.84. The van der Waals surface area contributed by atoms with Crippen LogP contribution in [0.4, 0.5) is 13.2 Å². The number of benzene rings is 1. The Morgan fingerprint density at radius 2 is 1.73 bits per heavy atom. The van der Waals surface area contributed by atoms with E-state index in [4.69, 9.17) is 5.73 Å². The molecule has 0 aliphatic heterocycles. The minimum atomic E-state index is -4.26. The smallest absolute Gasteiger partial charge is 0.327 e. The lowest BCUT2D eigenvalue weighted by molar-refractivity contribution is -0.137. The van der Waals surface area contributed by atoms with Crippen LogP contribution in [0.5, 0.6) is 0 Å². The summed E-state index contributed by atoms with van der Waals surface area (Å²) in [5, 5.41) is 0. The number of hydrogen-bond donors (Lipinski definition) is 1. The molecule has 82 valence electrons. The second-order valence-corrected chi connectivity index (χ2v) is 4.30. The van der Waals surface area contributed by atoms with Crippen LogP contribution in [0.3, 0.4) is 0 Å². The van der Waals surface area contributed by atoms with Gasteiger partial charge < -0.3 is 5.73 Å².